The van der Waals surface area contributed by atoms with E-state index in [-0.39, 0.29) is 17.4 Å². The molecule has 1 aliphatic carbocycles. The molecule has 1 aromatic rings. The van der Waals surface area contributed by atoms with Crippen LogP contribution in [0.15, 0.2) is 23.1 Å². The van der Waals surface area contributed by atoms with Crippen LogP contribution in [0.2, 0.25) is 0 Å². The maximum Gasteiger partial charge on any atom is 0.240 e. The fourth-order valence-corrected chi connectivity index (χ4v) is 3.52. The minimum Gasteiger partial charge on any atom is -0.486 e. The quantitative estimate of drug-likeness (QED) is 0.843. The number of sulfonamides is 1. The summed E-state index contributed by atoms with van der Waals surface area (Å²) in [6, 6.07) is 4.51. The minimum atomic E-state index is -3.68. The maximum absolute atomic E-state index is 12.3. The molecule has 1 aliphatic heterocycles. The number of ether oxygens (including phenoxy) is 2. The van der Waals surface area contributed by atoms with Gasteiger partial charge >= 0.3 is 0 Å². The summed E-state index contributed by atoms with van der Waals surface area (Å²) >= 11 is 0. The molecule has 0 bridgehead atoms. The van der Waals surface area contributed by atoms with Gasteiger partial charge in [-0.25, -0.2) is 13.1 Å². The standard InChI is InChI=1S/C14H19NO5S/c1-14(16,10-2-3-10)9-15-21(17,18)11-4-5-12-13(8-11)20-7-6-19-12/h4-5,8,10,15-16H,2-3,6-7,9H2,1H3/t14-/m1/s1. The summed E-state index contributed by atoms with van der Waals surface area (Å²) < 4.78 is 37.8. The first kappa shape index (κ1) is 14.6. The van der Waals surface area contributed by atoms with Crippen LogP contribution in [0.4, 0.5) is 0 Å². The number of hydrogen-bond donors (Lipinski definition) is 2. The molecule has 0 unspecified atom stereocenters. The minimum absolute atomic E-state index is 0.00837. The summed E-state index contributed by atoms with van der Waals surface area (Å²) in [5, 5.41) is 10.2. The van der Waals surface area contributed by atoms with Gasteiger partial charge in [0.2, 0.25) is 10.0 Å². The maximum atomic E-state index is 12.3. The van der Waals surface area contributed by atoms with Gasteiger partial charge in [-0.3, -0.25) is 0 Å². The van der Waals surface area contributed by atoms with Crippen molar-refractivity contribution in [3.63, 3.8) is 0 Å². The molecule has 1 atom stereocenters. The van der Waals surface area contributed by atoms with Crippen molar-refractivity contribution in [2.24, 2.45) is 5.92 Å². The van der Waals surface area contributed by atoms with Gasteiger partial charge in [0.15, 0.2) is 11.5 Å². The zero-order valence-corrected chi connectivity index (χ0v) is 12.6. The molecule has 0 spiro atoms. The molecule has 2 N–H and O–H groups in total. The van der Waals surface area contributed by atoms with Gasteiger partial charge in [-0.2, -0.15) is 0 Å². The van der Waals surface area contributed by atoms with Gasteiger partial charge in [0, 0.05) is 12.6 Å². The molecule has 7 heteroatoms. The van der Waals surface area contributed by atoms with Crippen molar-refractivity contribution in [1.82, 2.24) is 4.72 Å². The summed E-state index contributed by atoms with van der Waals surface area (Å²) in [6.07, 6.45) is 1.89. The normalized spacial score (nSPS) is 20.9. The fraction of sp³-hybridized carbons (Fsp3) is 0.571. The highest BCUT2D eigenvalue weighted by atomic mass is 32.2. The van der Waals surface area contributed by atoms with E-state index in [4.69, 9.17) is 9.47 Å². The van der Waals surface area contributed by atoms with Crippen LogP contribution in [0.1, 0.15) is 19.8 Å². The van der Waals surface area contributed by atoms with Gasteiger partial charge in [-0.1, -0.05) is 0 Å². The van der Waals surface area contributed by atoms with E-state index < -0.39 is 15.6 Å². The number of rotatable bonds is 5. The van der Waals surface area contributed by atoms with Crippen LogP contribution < -0.4 is 14.2 Å². The van der Waals surface area contributed by atoms with Crippen molar-refractivity contribution in [3.8, 4) is 11.5 Å². The van der Waals surface area contributed by atoms with E-state index in [0.717, 1.165) is 12.8 Å². The van der Waals surface area contributed by atoms with Crippen molar-refractivity contribution in [2.45, 2.75) is 30.3 Å². The van der Waals surface area contributed by atoms with E-state index in [9.17, 15) is 13.5 Å². The topological polar surface area (TPSA) is 84.9 Å². The molecule has 6 nitrogen and oxygen atoms in total. The van der Waals surface area contributed by atoms with Crippen molar-refractivity contribution >= 4 is 10.0 Å². The molecular weight excluding hydrogens is 294 g/mol. The van der Waals surface area contributed by atoms with E-state index in [2.05, 4.69) is 4.72 Å². The highest BCUT2D eigenvalue weighted by Gasteiger charge is 2.40. The Balaban J connectivity index is 1.75. The third-order valence-electron chi connectivity index (χ3n) is 3.90. The Morgan fingerprint density at radius 2 is 1.95 bits per heavy atom. The van der Waals surface area contributed by atoms with Crippen LogP contribution in [0, 0.1) is 5.92 Å². The number of aliphatic hydroxyl groups is 1. The number of hydrogen-bond acceptors (Lipinski definition) is 5. The second kappa shape index (κ2) is 5.15. The Kier molecular flexibility index (Phi) is 3.59. The summed E-state index contributed by atoms with van der Waals surface area (Å²) in [5.74, 6) is 1.16. The second-order valence-electron chi connectivity index (χ2n) is 5.76. The molecule has 3 rings (SSSR count). The second-order valence-corrected chi connectivity index (χ2v) is 7.53. The molecule has 2 aliphatic rings. The van der Waals surface area contributed by atoms with E-state index in [1.54, 1.807) is 13.0 Å². The Labute approximate surface area is 124 Å². The van der Waals surface area contributed by atoms with Gasteiger partial charge in [0.25, 0.3) is 0 Å². The molecule has 1 aromatic carbocycles. The highest BCUT2D eigenvalue weighted by Crippen LogP contribution is 2.39. The molecule has 116 valence electrons. The molecule has 0 amide bonds. The van der Waals surface area contributed by atoms with Gasteiger partial charge in [-0.15, -0.1) is 0 Å². The summed E-state index contributed by atoms with van der Waals surface area (Å²) in [5.41, 5.74) is -0.999. The van der Waals surface area contributed by atoms with Gasteiger partial charge in [0.1, 0.15) is 13.2 Å². The fourth-order valence-electron chi connectivity index (χ4n) is 2.36. The summed E-state index contributed by atoms with van der Waals surface area (Å²) in [4.78, 5) is 0.110. The lowest BCUT2D eigenvalue weighted by Gasteiger charge is -2.23. The van der Waals surface area contributed by atoms with E-state index in [0.29, 0.717) is 24.7 Å². The molecular formula is C14H19NO5S. The van der Waals surface area contributed by atoms with Gasteiger partial charge < -0.3 is 14.6 Å². The van der Waals surface area contributed by atoms with Gasteiger partial charge in [-0.05, 0) is 37.8 Å². The first-order valence-corrected chi connectivity index (χ1v) is 8.48. The van der Waals surface area contributed by atoms with Crippen LogP contribution >= 0.6 is 0 Å². The predicted molar refractivity (Wildman–Crippen MR) is 76.0 cm³/mol. The van der Waals surface area contributed by atoms with E-state index >= 15 is 0 Å². The lowest BCUT2D eigenvalue weighted by atomic mass is 10.0. The van der Waals surface area contributed by atoms with Crippen LogP contribution in [0.3, 0.4) is 0 Å². The van der Waals surface area contributed by atoms with Crippen LogP contribution in [-0.4, -0.2) is 38.9 Å². The largest absolute Gasteiger partial charge is 0.486 e. The monoisotopic (exact) mass is 313 g/mol. The Hall–Kier alpha value is -1.31. The molecule has 21 heavy (non-hydrogen) atoms. The number of fused-ring (bicyclic) bond motifs is 1. The summed E-state index contributed by atoms with van der Waals surface area (Å²) in [6.45, 7) is 2.54. The van der Waals surface area contributed by atoms with E-state index in [1.807, 2.05) is 0 Å². The summed E-state index contributed by atoms with van der Waals surface area (Å²) in [7, 11) is -3.68. The van der Waals surface area contributed by atoms with Crippen molar-refractivity contribution in [3.05, 3.63) is 18.2 Å². The zero-order chi connectivity index (χ0) is 15.1. The zero-order valence-electron chi connectivity index (χ0n) is 11.8. The lowest BCUT2D eigenvalue weighted by molar-refractivity contribution is 0.0422. The number of benzene rings is 1. The van der Waals surface area contributed by atoms with Gasteiger partial charge in [0.05, 0.1) is 10.5 Å². The van der Waals surface area contributed by atoms with Crippen molar-refractivity contribution in [1.29, 1.82) is 0 Å². The Morgan fingerprint density at radius 3 is 2.62 bits per heavy atom. The van der Waals surface area contributed by atoms with E-state index in [1.165, 1.54) is 12.1 Å². The predicted octanol–water partition coefficient (Wildman–Crippen LogP) is 0.897. The average Bonchev–Trinajstić information content (AvgIpc) is 3.30. The smallest absolute Gasteiger partial charge is 0.240 e. The van der Waals surface area contributed by atoms with Crippen molar-refractivity contribution in [2.75, 3.05) is 19.8 Å². The molecule has 0 radical (unpaired) electrons. The SMILES string of the molecule is C[C@@](O)(CNS(=O)(=O)c1ccc2c(c1)OCCO2)C1CC1. The molecule has 0 saturated heterocycles. The van der Waals surface area contributed by atoms with Crippen molar-refractivity contribution < 1.29 is 23.0 Å². The Bertz CT molecular complexity index is 637. The third kappa shape index (κ3) is 3.14. The molecule has 1 heterocycles. The molecule has 1 fully saturated rings. The van der Waals surface area contributed by atoms with Crippen LogP contribution in [0.25, 0.3) is 0 Å². The highest BCUT2D eigenvalue weighted by molar-refractivity contribution is 7.89. The van der Waals surface area contributed by atoms with Crippen LogP contribution in [0.5, 0.6) is 11.5 Å². The first-order chi connectivity index (χ1) is 9.88. The molecule has 1 saturated carbocycles. The third-order valence-corrected chi connectivity index (χ3v) is 5.30. The Morgan fingerprint density at radius 1 is 1.29 bits per heavy atom. The average molecular weight is 313 g/mol. The van der Waals surface area contributed by atoms with Crippen LogP contribution in [-0.2, 0) is 10.0 Å². The first-order valence-electron chi connectivity index (χ1n) is 7.00. The number of nitrogens with one attached hydrogen (secondary N) is 1. The molecule has 0 aromatic heterocycles. The lowest BCUT2D eigenvalue weighted by Crippen LogP contribution is -2.42.